The minimum absolute atomic E-state index is 0.0389. The van der Waals surface area contributed by atoms with Gasteiger partial charge >= 0.3 is 6.09 Å². The first-order valence-electron chi connectivity index (χ1n) is 7.23. The van der Waals surface area contributed by atoms with Crippen molar-refractivity contribution in [2.24, 2.45) is 5.73 Å². The zero-order chi connectivity index (χ0) is 15.6. The number of carbonyl (C=O) groups is 1. The van der Waals surface area contributed by atoms with Gasteiger partial charge in [-0.15, -0.1) is 0 Å². The van der Waals surface area contributed by atoms with Gasteiger partial charge in [-0.25, -0.2) is 9.18 Å². The number of hydrogen-bond acceptors (Lipinski definition) is 3. The molecule has 0 saturated carbocycles. The number of amides is 1. The van der Waals surface area contributed by atoms with E-state index in [2.05, 4.69) is 0 Å². The van der Waals surface area contributed by atoms with Crippen molar-refractivity contribution in [3.05, 3.63) is 35.6 Å². The van der Waals surface area contributed by atoms with Crippen LogP contribution in [0.3, 0.4) is 0 Å². The first kappa shape index (κ1) is 15.8. The predicted molar refractivity (Wildman–Crippen MR) is 79.5 cm³/mol. The van der Waals surface area contributed by atoms with Crippen LogP contribution in [0.15, 0.2) is 24.3 Å². The summed E-state index contributed by atoms with van der Waals surface area (Å²) in [5.74, 6) is -0.229. The molecule has 0 bridgehead atoms. The number of likely N-dealkylation sites (tertiary alicyclic amines) is 1. The van der Waals surface area contributed by atoms with Crippen molar-refractivity contribution in [2.45, 2.75) is 44.8 Å². The second kappa shape index (κ2) is 6.02. The Hall–Kier alpha value is -1.62. The second-order valence-corrected chi connectivity index (χ2v) is 6.63. The molecule has 4 nitrogen and oxygen atoms in total. The van der Waals surface area contributed by atoms with Crippen molar-refractivity contribution in [3.8, 4) is 0 Å². The molecule has 0 unspecified atom stereocenters. The van der Waals surface area contributed by atoms with Gasteiger partial charge in [0.1, 0.15) is 11.4 Å². The SMILES string of the molecule is CC(C)(C)OC(=O)N1C[C@@H](N)C[C@@H](c2cccc(F)c2)C1. The molecule has 1 amide bonds. The molecule has 116 valence electrons. The maximum absolute atomic E-state index is 13.4. The van der Waals surface area contributed by atoms with Crippen LogP contribution in [0.2, 0.25) is 0 Å². The molecule has 1 aliphatic heterocycles. The van der Waals surface area contributed by atoms with Gasteiger partial charge in [-0.2, -0.15) is 0 Å². The Morgan fingerprint density at radius 3 is 2.71 bits per heavy atom. The van der Waals surface area contributed by atoms with Gasteiger partial charge in [0.05, 0.1) is 0 Å². The van der Waals surface area contributed by atoms with E-state index in [0.29, 0.717) is 13.1 Å². The Morgan fingerprint density at radius 1 is 1.38 bits per heavy atom. The fourth-order valence-electron chi connectivity index (χ4n) is 2.62. The standard InChI is InChI=1S/C16H23FN2O2/c1-16(2,3)21-15(20)19-9-12(8-14(18)10-19)11-5-4-6-13(17)7-11/h4-7,12,14H,8-10,18H2,1-3H3/t12-,14+/m1/s1. The molecule has 5 heteroatoms. The number of piperidine rings is 1. The molecule has 1 fully saturated rings. The smallest absolute Gasteiger partial charge is 0.410 e. The lowest BCUT2D eigenvalue weighted by molar-refractivity contribution is 0.0180. The summed E-state index contributed by atoms with van der Waals surface area (Å²) in [6.45, 7) is 6.48. The topological polar surface area (TPSA) is 55.6 Å². The molecule has 2 atom stereocenters. The summed E-state index contributed by atoms with van der Waals surface area (Å²) in [4.78, 5) is 13.8. The molecule has 0 aromatic heterocycles. The molecule has 0 aliphatic carbocycles. The average molecular weight is 294 g/mol. The Kier molecular flexibility index (Phi) is 4.52. The van der Waals surface area contributed by atoms with Gasteiger partial charge in [0.15, 0.2) is 0 Å². The largest absolute Gasteiger partial charge is 0.444 e. The number of hydrogen-bond donors (Lipinski definition) is 1. The molecule has 2 N–H and O–H groups in total. The van der Waals surface area contributed by atoms with Crippen LogP contribution in [-0.2, 0) is 4.74 Å². The average Bonchev–Trinajstić information content (AvgIpc) is 2.36. The summed E-state index contributed by atoms with van der Waals surface area (Å²) >= 11 is 0. The third-order valence-corrected chi connectivity index (χ3v) is 3.45. The minimum Gasteiger partial charge on any atom is -0.444 e. The van der Waals surface area contributed by atoms with Crippen LogP contribution in [0.25, 0.3) is 0 Å². The van der Waals surface area contributed by atoms with Gasteiger partial charge in [-0.3, -0.25) is 0 Å². The lowest BCUT2D eigenvalue weighted by atomic mass is 9.88. The Labute approximate surface area is 125 Å². The highest BCUT2D eigenvalue weighted by molar-refractivity contribution is 5.68. The highest BCUT2D eigenvalue weighted by Gasteiger charge is 2.31. The highest BCUT2D eigenvalue weighted by Crippen LogP contribution is 2.27. The van der Waals surface area contributed by atoms with E-state index in [1.54, 1.807) is 11.0 Å². The Morgan fingerprint density at radius 2 is 2.10 bits per heavy atom. The zero-order valence-corrected chi connectivity index (χ0v) is 12.8. The first-order chi connectivity index (χ1) is 9.74. The van der Waals surface area contributed by atoms with E-state index in [1.165, 1.54) is 12.1 Å². The van der Waals surface area contributed by atoms with E-state index >= 15 is 0 Å². The molecule has 2 rings (SSSR count). The summed E-state index contributed by atoms with van der Waals surface area (Å²) in [5.41, 5.74) is 6.39. The van der Waals surface area contributed by atoms with Crippen molar-refractivity contribution in [1.29, 1.82) is 0 Å². The molecule has 1 aromatic carbocycles. The van der Waals surface area contributed by atoms with E-state index in [1.807, 2.05) is 26.8 Å². The lowest BCUT2D eigenvalue weighted by Crippen LogP contribution is -2.50. The van der Waals surface area contributed by atoms with Crippen LogP contribution in [-0.4, -0.2) is 35.7 Å². The third kappa shape index (κ3) is 4.43. The van der Waals surface area contributed by atoms with Crippen LogP contribution in [0, 0.1) is 5.82 Å². The maximum atomic E-state index is 13.4. The highest BCUT2D eigenvalue weighted by atomic mass is 19.1. The number of benzene rings is 1. The molecule has 1 aliphatic rings. The molecule has 1 saturated heterocycles. The molecule has 0 radical (unpaired) electrons. The van der Waals surface area contributed by atoms with E-state index in [4.69, 9.17) is 10.5 Å². The fourth-order valence-corrected chi connectivity index (χ4v) is 2.62. The van der Waals surface area contributed by atoms with Crippen molar-refractivity contribution < 1.29 is 13.9 Å². The quantitative estimate of drug-likeness (QED) is 0.866. The van der Waals surface area contributed by atoms with Gasteiger partial charge in [-0.05, 0) is 44.9 Å². The molecular formula is C16H23FN2O2. The molecule has 21 heavy (non-hydrogen) atoms. The van der Waals surface area contributed by atoms with Crippen molar-refractivity contribution in [1.82, 2.24) is 4.90 Å². The molecule has 1 heterocycles. The minimum atomic E-state index is -0.535. The van der Waals surface area contributed by atoms with Gasteiger partial charge in [0.2, 0.25) is 0 Å². The Bertz CT molecular complexity index is 513. The van der Waals surface area contributed by atoms with E-state index in [-0.39, 0.29) is 23.9 Å². The summed E-state index contributed by atoms with van der Waals surface area (Å²) < 4.78 is 18.8. The summed E-state index contributed by atoms with van der Waals surface area (Å²) in [6, 6.07) is 6.36. The van der Waals surface area contributed by atoms with Crippen LogP contribution in [0.5, 0.6) is 0 Å². The van der Waals surface area contributed by atoms with Crippen LogP contribution >= 0.6 is 0 Å². The maximum Gasteiger partial charge on any atom is 0.410 e. The number of nitrogens with zero attached hydrogens (tertiary/aromatic N) is 1. The summed E-state index contributed by atoms with van der Waals surface area (Å²) in [6.07, 6.45) is 0.377. The van der Waals surface area contributed by atoms with Gasteiger partial charge < -0.3 is 15.4 Å². The number of carbonyl (C=O) groups excluding carboxylic acids is 1. The van der Waals surface area contributed by atoms with Crippen LogP contribution < -0.4 is 5.73 Å². The van der Waals surface area contributed by atoms with Crippen molar-refractivity contribution >= 4 is 6.09 Å². The van der Waals surface area contributed by atoms with E-state index < -0.39 is 5.60 Å². The summed E-state index contributed by atoms with van der Waals surface area (Å²) in [5, 5.41) is 0. The van der Waals surface area contributed by atoms with E-state index in [0.717, 1.165) is 12.0 Å². The van der Waals surface area contributed by atoms with Gasteiger partial charge in [0, 0.05) is 25.0 Å². The summed E-state index contributed by atoms with van der Waals surface area (Å²) in [7, 11) is 0. The third-order valence-electron chi connectivity index (χ3n) is 3.45. The van der Waals surface area contributed by atoms with Crippen molar-refractivity contribution in [2.75, 3.05) is 13.1 Å². The molecular weight excluding hydrogens is 271 g/mol. The number of halogens is 1. The van der Waals surface area contributed by atoms with Crippen LogP contribution in [0.1, 0.15) is 38.7 Å². The Balaban J connectivity index is 2.10. The number of nitrogens with two attached hydrogens (primary N) is 1. The lowest BCUT2D eigenvalue weighted by Gasteiger charge is -2.37. The zero-order valence-electron chi connectivity index (χ0n) is 12.8. The molecule has 1 aromatic rings. The number of rotatable bonds is 1. The van der Waals surface area contributed by atoms with Gasteiger partial charge in [0.25, 0.3) is 0 Å². The normalized spacial score (nSPS) is 23.0. The second-order valence-electron chi connectivity index (χ2n) is 6.63. The van der Waals surface area contributed by atoms with E-state index in [9.17, 15) is 9.18 Å². The van der Waals surface area contributed by atoms with Crippen LogP contribution in [0.4, 0.5) is 9.18 Å². The van der Waals surface area contributed by atoms with Crippen molar-refractivity contribution in [3.63, 3.8) is 0 Å². The number of ether oxygens (including phenoxy) is 1. The van der Waals surface area contributed by atoms with Gasteiger partial charge in [-0.1, -0.05) is 12.1 Å². The molecule has 0 spiro atoms. The predicted octanol–water partition coefficient (Wildman–Crippen LogP) is 2.88. The fraction of sp³-hybridized carbons (Fsp3) is 0.562. The first-order valence-corrected chi connectivity index (χ1v) is 7.23. The monoisotopic (exact) mass is 294 g/mol.